The molecule has 2 rings (SSSR count). The summed E-state index contributed by atoms with van der Waals surface area (Å²) >= 11 is 2.00. The molecule has 110 valence electrons. The van der Waals surface area contributed by atoms with Gasteiger partial charge >= 0.3 is 0 Å². The quantitative estimate of drug-likeness (QED) is 0.793. The highest BCUT2D eigenvalue weighted by Crippen LogP contribution is 2.29. The summed E-state index contributed by atoms with van der Waals surface area (Å²) < 4.78 is 0.261. The molecule has 0 saturated carbocycles. The second-order valence-electron chi connectivity index (χ2n) is 6.49. The fourth-order valence-corrected chi connectivity index (χ4v) is 3.97. The van der Waals surface area contributed by atoms with Gasteiger partial charge in [0, 0.05) is 29.2 Å². The van der Waals surface area contributed by atoms with E-state index in [1.54, 1.807) is 0 Å². The molecule has 1 aromatic rings. The lowest BCUT2D eigenvalue weighted by Gasteiger charge is -2.37. The van der Waals surface area contributed by atoms with Crippen molar-refractivity contribution in [2.75, 3.05) is 25.4 Å². The summed E-state index contributed by atoms with van der Waals surface area (Å²) in [4.78, 5) is 14.9. The Balaban J connectivity index is 2.11. The Hall–Kier alpha value is -0.800. The van der Waals surface area contributed by atoms with Crippen LogP contribution in [0.4, 0.5) is 0 Å². The minimum Gasteiger partial charge on any atom is -0.294 e. The highest BCUT2D eigenvalue weighted by Gasteiger charge is 2.28. The standard InChI is InChI=1S/C17H25NOS/c1-12-8-14(3)15(9-13(12)2)16(19)10-18-6-7-20-17(4,5)11-18/h8-9H,6-7,10-11H2,1-5H3. The molecule has 0 spiro atoms. The van der Waals surface area contributed by atoms with Crippen LogP contribution in [0.5, 0.6) is 0 Å². The monoisotopic (exact) mass is 291 g/mol. The second kappa shape index (κ2) is 5.90. The van der Waals surface area contributed by atoms with Crippen LogP contribution in [0, 0.1) is 20.8 Å². The number of Topliss-reactive ketones (excluding diaryl/α,β-unsaturated/α-hetero) is 1. The molecule has 0 bridgehead atoms. The molecule has 3 heteroatoms. The zero-order chi connectivity index (χ0) is 14.9. The Bertz CT molecular complexity index is 522. The molecule has 0 amide bonds. The molecule has 0 aliphatic carbocycles. The predicted octanol–water partition coefficient (Wildman–Crippen LogP) is 3.62. The molecular formula is C17H25NOS. The summed E-state index contributed by atoms with van der Waals surface area (Å²) in [5, 5.41) is 0. The lowest BCUT2D eigenvalue weighted by molar-refractivity contribution is 0.0927. The Morgan fingerprint density at radius 1 is 1.20 bits per heavy atom. The van der Waals surface area contributed by atoms with Gasteiger partial charge in [0.25, 0.3) is 0 Å². The molecule has 2 nitrogen and oxygen atoms in total. The first-order valence-electron chi connectivity index (χ1n) is 7.26. The van der Waals surface area contributed by atoms with Crippen LogP contribution in [0.25, 0.3) is 0 Å². The van der Waals surface area contributed by atoms with Crippen molar-refractivity contribution < 1.29 is 4.79 Å². The minimum atomic E-state index is 0.258. The van der Waals surface area contributed by atoms with Crippen LogP contribution in [0.2, 0.25) is 0 Å². The molecule has 0 radical (unpaired) electrons. The molecule has 1 heterocycles. The van der Waals surface area contributed by atoms with Gasteiger partial charge in [0.15, 0.2) is 5.78 Å². The van der Waals surface area contributed by atoms with E-state index in [9.17, 15) is 4.79 Å². The summed E-state index contributed by atoms with van der Waals surface area (Å²) in [6.45, 7) is 13.3. The van der Waals surface area contributed by atoms with Crippen LogP contribution in [0.3, 0.4) is 0 Å². The smallest absolute Gasteiger partial charge is 0.177 e. The fraction of sp³-hybridized carbons (Fsp3) is 0.588. The number of aryl methyl sites for hydroxylation is 3. The highest BCUT2D eigenvalue weighted by molar-refractivity contribution is 8.00. The van der Waals surface area contributed by atoms with Gasteiger partial charge in [0.05, 0.1) is 6.54 Å². The fourth-order valence-electron chi connectivity index (χ4n) is 2.80. The van der Waals surface area contributed by atoms with E-state index < -0.39 is 0 Å². The van der Waals surface area contributed by atoms with E-state index >= 15 is 0 Å². The zero-order valence-electron chi connectivity index (χ0n) is 13.2. The summed E-state index contributed by atoms with van der Waals surface area (Å²) in [6, 6.07) is 4.18. The zero-order valence-corrected chi connectivity index (χ0v) is 14.1. The van der Waals surface area contributed by atoms with Gasteiger partial charge in [-0.05, 0) is 57.4 Å². The van der Waals surface area contributed by atoms with Gasteiger partial charge in [-0.15, -0.1) is 0 Å². The molecule has 0 atom stereocenters. The van der Waals surface area contributed by atoms with Crippen molar-refractivity contribution in [3.8, 4) is 0 Å². The number of thioether (sulfide) groups is 1. The number of ketones is 1. The molecular weight excluding hydrogens is 266 g/mol. The molecule has 0 N–H and O–H groups in total. The molecule has 1 aliphatic heterocycles. The van der Waals surface area contributed by atoms with E-state index in [0.717, 1.165) is 30.0 Å². The Morgan fingerprint density at radius 3 is 2.50 bits per heavy atom. The number of carbonyl (C=O) groups excluding carboxylic acids is 1. The predicted molar refractivity (Wildman–Crippen MR) is 88.0 cm³/mol. The van der Waals surface area contributed by atoms with E-state index in [1.807, 2.05) is 18.7 Å². The third-order valence-electron chi connectivity index (χ3n) is 4.01. The Labute approximate surface area is 126 Å². The lowest BCUT2D eigenvalue weighted by atomic mass is 9.97. The van der Waals surface area contributed by atoms with Crippen LogP contribution in [-0.4, -0.2) is 40.8 Å². The van der Waals surface area contributed by atoms with Gasteiger partial charge in [-0.25, -0.2) is 0 Å². The maximum atomic E-state index is 12.6. The van der Waals surface area contributed by atoms with Crippen LogP contribution < -0.4 is 0 Å². The maximum absolute atomic E-state index is 12.6. The van der Waals surface area contributed by atoms with Crippen LogP contribution in [0.15, 0.2) is 12.1 Å². The van der Waals surface area contributed by atoms with Gasteiger partial charge < -0.3 is 0 Å². The number of hydrogen-bond donors (Lipinski definition) is 0. The third kappa shape index (κ3) is 3.64. The molecule has 1 saturated heterocycles. The van der Waals surface area contributed by atoms with Crippen LogP contribution in [-0.2, 0) is 0 Å². The maximum Gasteiger partial charge on any atom is 0.177 e. The summed E-state index contributed by atoms with van der Waals surface area (Å²) in [7, 11) is 0. The van der Waals surface area contributed by atoms with Crippen LogP contribution >= 0.6 is 11.8 Å². The number of hydrogen-bond acceptors (Lipinski definition) is 3. The lowest BCUT2D eigenvalue weighted by Crippen LogP contribution is -2.45. The van der Waals surface area contributed by atoms with Gasteiger partial charge in [-0.3, -0.25) is 9.69 Å². The van der Waals surface area contributed by atoms with Crippen molar-refractivity contribution in [2.24, 2.45) is 0 Å². The first-order chi connectivity index (χ1) is 9.28. The van der Waals surface area contributed by atoms with E-state index in [0.29, 0.717) is 6.54 Å². The second-order valence-corrected chi connectivity index (χ2v) is 8.30. The molecule has 0 unspecified atom stereocenters. The van der Waals surface area contributed by atoms with E-state index in [4.69, 9.17) is 0 Å². The van der Waals surface area contributed by atoms with E-state index in [2.05, 4.69) is 44.7 Å². The summed E-state index contributed by atoms with van der Waals surface area (Å²) in [5.41, 5.74) is 4.45. The van der Waals surface area contributed by atoms with E-state index in [-0.39, 0.29) is 10.5 Å². The van der Waals surface area contributed by atoms with Gasteiger partial charge in [-0.2, -0.15) is 11.8 Å². The van der Waals surface area contributed by atoms with Crippen LogP contribution in [0.1, 0.15) is 40.9 Å². The minimum absolute atomic E-state index is 0.258. The summed E-state index contributed by atoms with van der Waals surface area (Å²) in [5.74, 6) is 1.37. The SMILES string of the molecule is Cc1cc(C)c(C(=O)CN2CCSC(C)(C)C2)cc1C. The number of benzene rings is 1. The average molecular weight is 291 g/mol. The first kappa shape index (κ1) is 15.6. The Morgan fingerprint density at radius 2 is 1.85 bits per heavy atom. The van der Waals surface area contributed by atoms with Crippen molar-refractivity contribution in [1.82, 2.24) is 4.90 Å². The normalized spacial score (nSPS) is 19.1. The molecule has 1 aromatic carbocycles. The van der Waals surface area contributed by atoms with Gasteiger partial charge in [0.1, 0.15) is 0 Å². The van der Waals surface area contributed by atoms with E-state index in [1.165, 1.54) is 11.1 Å². The largest absolute Gasteiger partial charge is 0.294 e. The van der Waals surface area contributed by atoms with Crippen molar-refractivity contribution in [3.63, 3.8) is 0 Å². The summed E-state index contributed by atoms with van der Waals surface area (Å²) in [6.07, 6.45) is 0. The van der Waals surface area contributed by atoms with Crippen molar-refractivity contribution in [2.45, 2.75) is 39.4 Å². The molecule has 0 aromatic heterocycles. The van der Waals surface area contributed by atoms with Gasteiger partial charge in [0.2, 0.25) is 0 Å². The molecule has 20 heavy (non-hydrogen) atoms. The van der Waals surface area contributed by atoms with Gasteiger partial charge in [-0.1, -0.05) is 6.07 Å². The first-order valence-corrected chi connectivity index (χ1v) is 8.24. The topological polar surface area (TPSA) is 20.3 Å². The number of rotatable bonds is 3. The number of carbonyl (C=O) groups is 1. The van der Waals surface area contributed by atoms with Crippen molar-refractivity contribution in [1.29, 1.82) is 0 Å². The van der Waals surface area contributed by atoms with Crippen molar-refractivity contribution >= 4 is 17.5 Å². The third-order valence-corrected chi connectivity index (χ3v) is 5.31. The Kier molecular flexibility index (Phi) is 4.60. The molecule has 1 fully saturated rings. The average Bonchev–Trinajstić information content (AvgIpc) is 2.32. The number of nitrogens with zero attached hydrogens (tertiary/aromatic N) is 1. The molecule has 1 aliphatic rings. The van der Waals surface area contributed by atoms with Crippen molar-refractivity contribution in [3.05, 3.63) is 34.4 Å². The highest BCUT2D eigenvalue weighted by atomic mass is 32.2.